The Kier molecular flexibility index (Phi) is 3.43. The van der Waals surface area contributed by atoms with E-state index in [0.29, 0.717) is 17.8 Å². The van der Waals surface area contributed by atoms with Crippen molar-refractivity contribution in [2.24, 2.45) is 53.3 Å². The summed E-state index contributed by atoms with van der Waals surface area (Å²) in [7, 11) is 0. The first-order chi connectivity index (χ1) is 11.5. The van der Waals surface area contributed by atoms with Crippen molar-refractivity contribution in [2.75, 3.05) is 0 Å². The van der Waals surface area contributed by atoms with Gasteiger partial charge in [-0.25, -0.2) is 0 Å². The summed E-state index contributed by atoms with van der Waals surface area (Å²) < 4.78 is 6.46. The van der Waals surface area contributed by atoms with Crippen LogP contribution >= 0.6 is 0 Å². The number of hydrogen-bond acceptors (Lipinski definition) is 2. The fourth-order valence-electron chi connectivity index (χ4n) is 8.46. The molecule has 0 saturated heterocycles. The number of hydrogen-bond donors (Lipinski definition) is 0. The third-order valence-electron chi connectivity index (χ3n) is 9.22. The first kappa shape index (κ1) is 15.7. The predicted octanol–water partition coefficient (Wildman–Crippen LogP) is 5.06. The lowest BCUT2D eigenvalue weighted by Crippen LogP contribution is -2.48. The van der Waals surface area contributed by atoms with E-state index < -0.39 is 0 Å². The van der Waals surface area contributed by atoms with Gasteiger partial charge in [-0.2, -0.15) is 0 Å². The smallest absolute Gasteiger partial charge is 0.309 e. The van der Waals surface area contributed by atoms with Crippen LogP contribution < -0.4 is 0 Å². The Balaban J connectivity index is 1.36. The predicted molar refractivity (Wildman–Crippen MR) is 94.2 cm³/mol. The van der Waals surface area contributed by atoms with E-state index in [1.54, 1.807) is 0 Å². The molecule has 5 aliphatic carbocycles. The normalized spacial score (nSPS) is 57.5. The number of carbonyl (C=O) groups is 1. The first-order valence-electron chi connectivity index (χ1n) is 10.7. The molecule has 0 aliphatic heterocycles. The van der Waals surface area contributed by atoms with Crippen LogP contribution in [0, 0.1) is 53.3 Å². The number of rotatable bonds is 3. The van der Waals surface area contributed by atoms with Gasteiger partial charge in [0.25, 0.3) is 0 Å². The van der Waals surface area contributed by atoms with E-state index in [0.717, 1.165) is 42.4 Å². The van der Waals surface area contributed by atoms with Gasteiger partial charge in [-0.1, -0.05) is 20.8 Å². The molecule has 2 nitrogen and oxygen atoms in total. The zero-order valence-corrected chi connectivity index (χ0v) is 15.7. The molecule has 0 aromatic heterocycles. The van der Waals surface area contributed by atoms with Crippen LogP contribution in [0.2, 0.25) is 0 Å². The van der Waals surface area contributed by atoms with Crippen molar-refractivity contribution in [3.63, 3.8) is 0 Å². The van der Waals surface area contributed by atoms with Gasteiger partial charge in [-0.3, -0.25) is 4.79 Å². The summed E-state index contributed by atoms with van der Waals surface area (Å²) in [6.07, 6.45) is 10.3. The first-order valence-corrected chi connectivity index (χ1v) is 10.7. The minimum absolute atomic E-state index is 0.0983. The fraction of sp³-hybridized carbons (Fsp3) is 0.955. The van der Waals surface area contributed by atoms with Crippen LogP contribution in [0.5, 0.6) is 0 Å². The fourth-order valence-corrected chi connectivity index (χ4v) is 8.46. The molecule has 24 heavy (non-hydrogen) atoms. The lowest BCUT2D eigenvalue weighted by molar-refractivity contribution is -0.178. The van der Waals surface area contributed by atoms with Crippen LogP contribution in [0.15, 0.2) is 0 Å². The molecule has 0 heterocycles. The van der Waals surface area contributed by atoms with Gasteiger partial charge in [-0.05, 0) is 92.8 Å². The number of ether oxygens (including phenoxy) is 1. The molecule has 5 rings (SSSR count). The third kappa shape index (κ3) is 1.98. The Bertz CT molecular complexity index is 542. The molecule has 10 unspecified atom stereocenters. The molecule has 134 valence electrons. The maximum absolute atomic E-state index is 13.0. The summed E-state index contributed by atoms with van der Waals surface area (Å²) in [6.45, 7) is 6.81. The highest BCUT2D eigenvalue weighted by molar-refractivity contribution is 5.73. The number of fused-ring (bicyclic) bond motifs is 9. The van der Waals surface area contributed by atoms with Crippen LogP contribution in [0.3, 0.4) is 0 Å². The van der Waals surface area contributed by atoms with Gasteiger partial charge in [0, 0.05) is 5.92 Å². The van der Waals surface area contributed by atoms with Crippen LogP contribution in [-0.4, -0.2) is 11.6 Å². The average Bonchev–Trinajstić information content (AvgIpc) is 3.31. The zero-order chi connectivity index (χ0) is 16.6. The van der Waals surface area contributed by atoms with Gasteiger partial charge in [0.15, 0.2) is 0 Å². The van der Waals surface area contributed by atoms with Gasteiger partial charge < -0.3 is 4.74 Å². The summed E-state index contributed by atoms with van der Waals surface area (Å²) >= 11 is 0. The van der Waals surface area contributed by atoms with Gasteiger partial charge >= 0.3 is 5.97 Å². The topological polar surface area (TPSA) is 26.3 Å². The Labute approximate surface area is 147 Å². The Hall–Kier alpha value is -0.530. The van der Waals surface area contributed by atoms with Gasteiger partial charge in [0.05, 0.1) is 5.92 Å². The average molecular weight is 331 g/mol. The maximum Gasteiger partial charge on any atom is 0.309 e. The molecule has 0 spiro atoms. The van der Waals surface area contributed by atoms with E-state index in [2.05, 4.69) is 20.8 Å². The maximum atomic E-state index is 13.0. The van der Waals surface area contributed by atoms with Crippen molar-refractivity contribution in [1.29, 1.82) is 0 Å². The minimum atomic E-state index is -0.0983. The van der Waals surface area contributed by atoms with Crippen LogP contribution in [0.25, 0.3) is 0 Å². The highest BCUT2D eigenvalue weighted by Gasteiger charge is 2.67. The van der Waals surface area contributed by atoms with Crippen molar-refractivity contribution < 1.29 is 9.53 Å². The molecule has 5 fully saturated rings. The van der Waals surface area contributed by atoms with Crippen LogP contribution in [0.4, 0.5) is 0 Å². The van der Waals surface area contributed by atoms with Crippen molar-refractivity contribution in [3.8, 4) is 0 Å². The third-order valence-corrected chi connectivity index (χ3v) is 9.22. The van der Waals surface area contributed by atoms with Gasteiger partial charge in [0.1, 0.15) is 5.60 Å². The Morgan fingerprint density at radius 3 is 2.42 bits per heavy atom. The SMILES string of the molecule is CCC1(OC(=O)C2CC(C)CC2C)CC2CC1C1C3CCC(C3)C21. The summed E-state index contributed by atoms with van der Waals surface area (Å²) in [5, 5.41) is 0. The molecule has 4 bridgehead atoms. The second kappa shape index (κ2) is 5.24. The highest BCUT2D eigenvalue weighted by Crippen LogP contribution is 2.70. The summed E-state index contributed by atoms with van der Waals surface area (Å²) in [5.74, 6) is 6.95. The molecule has 5 saturated carbocycles. The molecule has 0 aromatic rings. The molecule has 0 amide bonds. The monoisotopic (exact) mass is 330 g/mol. The summed E-state index contributed by atoms with van der Waals surface area (Å²) in [5.41, 5.74) is -0.0983. The standard InChI is InChI=1S/C22H34O2/c1-4-22(24-21(23)17-8-12(2)7-13(17)3)11-16-10-18(22)20-15-6-5-14(9-15)19(16)20/h12-20H,4-11H2,1-3H3. The zero-order valence-electron chi connectivity index (χ0n) is 15.7. The quantitative estimate of drug-likeness (QED) is 0.534. The lowest BCUT2D eigenvalue weighted by atomic mass is 9.65. The van der Waals surface area contributed by atoms with Gasteiger partial charge in [0.2, 0.25) is 0 Å². The largest absolute Gasteiger partial charge is 0.459 e. The van der Waals surface area contributed by atoms with Crippen molar-refractivity contribution in [2.45, 2.75) is 77.7 Å². The van der Waals surface area contributed by atoms with E-state index in [4.69, 9.17) is 4.74 Å². The van der Waals surface area contributed by atoms with E-state index in [9.17, 15) is 4.79 Å². The molecular formula is C22H34O2. The van der Waals surface area contributed by atoms with E-state index >= 15 is 0 Å². The molecule has 5 aliphatic rings. The molecule has 0 N–H and O–H groups in total. The van der Waals surface area contributed by atoms with Crippen LogP contribution in [-0.2, 0) is 9.53 Å². The second-order valence-electron chi connectivity index (χ2n) is 10.3. The highest BCUT2D eigenvalue weighted by atomic mass is 16.6. The number of esters is 1. The molecule has 10 atom stereocenters. The van der Waals surface area contributed by atoms with Crippen molar-refractivity contribution in [3.05, 3.63) is 0 Å². The van der Waals surface area contributed by atoms with E-state index in [-0.39, 0.29) is 17.5 Å². The second-order valence-corrected chi connectivity index (χ2v) is 10.3. The van der Waals surface area contributed by atoms with Crippen LogP contribution in [0.1, 0.15) is 72.1 Å². The Morgan fingerprint density at radius 1 is 1.00 bits per heavy atom. The van der Waals surface area contributed by atoms with E-state index in [1.807, 2.05) is 0 Å². The summed E-state index contributed by atoms with van der Waals surface area (Å²) in [4.78, 5) is 13.0. The van der Waals surface area contributed by atoms with Crippen molar-refractivity contribution >= 4 is 5.97 Å². The Morgan fingerprint density at radius 2 is 1.75 bits per heavy atom. The number of carbonyl (C=O) groups excluding carboxylic acids is 1. The van der Waals surface area contributed by atoms with E-state index in [1.165, 1.54) is 38.5 Å². The minimum Gasteiger partial charge on any atom is -0.459 e. The molecule has 2 heteroatoms. The van der Waals surface area contributed by atoms with Gasteiger partial charge in [-0.15, -0.1) is 0 Å². The molecule has 0 radical (unpaired) electrons. The molecular weight excluding hydrogens is 296 g/mol. The lowest BCUT2D eigenvalue weighted by Gasteiger charge is -2.46. The van der Waals surface area contributed by atoms with Crippen molar-refractivity contribution in [1.82, 2.24) is 0 Å². The molecule has 0 aromatic carbocycles. The summed E-state index contributed by atoms with van der Waals surface area (Å²) in [6, 6.07) is 0.